The molecule has 0 unspecified atom stereocenters. The fourth-order valence-electron chi connectivity index (χ4n) is 1.84. The number of halogens is 1. The molecule has 0 aliphatic rings. The van der Waals surface area contributed by atoms with Crippen LogP contribution in [0.5, 0.6) is 11.5 Å². The molecule has 1 N–H and O–H groups in total. The van der Waals surface area contributed by atoms with E-state index in [2.05, 4.69) is 28.9 Å². The Morgan fingerprint density at radius 1 is 1.15 bits per heavy atom. The summed E-state index contributed by atoms with van der Waals surface area (Å²) in [5.41, 5.74) is 1.20. The lowest BCUT2D eigenvalue weighted by Gasteiger charge is -2.11. The molecule has 1 aromatic carbocycles. The summed E-state index contributed by atoms with van der Waals surface area (Å²) in [6.45, 7) is 4.33. The van der Waals surface area contributed by atoms with Gasteiger partial charge in [0.05, 0.1) is 13.7 Å². The molecule has 0 saturated heterocycles. The molecule has 3 nitrogen and oxygen atoms in total. The van der Waals surface area contributed by atoms with Crippen molar-refractivity contribution in [2.24, 2.45) is 0 Å². The second-order valence-electron chi connectivity index (χ2n) is 4.10. The van der Waals surface area contributed by atoms with Crippen molar-refractivity contribution in [1.82, 2.24) is 5.32 Å². The highest BCUT2D eigenvalue weighted by atomic mass is 35.5. The van der Waals surface area contributed by atoms with Gasteiger partial charge in [-0.2, -0.15) is 0 Å². The van der Waals surface area contributed by atoms with Gasteiger partial charge in [0.15, 0.2) is 11.5 Å². The second kappa shape index (κ2) is 8.84. The summed E-state index contributed by atoms with van der Waals surface area (Å²) in [6, 6.07) is 10.2. The molecule has 0 atom stereocenters. The molecule has 5 heteroatoms. The molecule has 2 rings (SSSR count). The fraction of sp³-hybridized carbons (Fsp3) is 0.333. The molecular weight excluding hydrogens is 294 g/mol. The normalized spacial score (nSPS) is 9.90. The van der Waals surface area contributed by atoms with Crippen LogP contribution in [0.2, 0.25) is 0 Å². The Morgan fingerprint density at radius 2 is 2.00 bits per heavy atom. The van der Waals surface area contributed by atoms with E-state index in [9.17, 15) is 0 Å². The van der Waals surface area contributed by atoms with Crippen molar-refractivity contribution < 1.29 is 9.47 Å². The zero-order valence-electron chi connectivity index (χ0n) is 11.7. The Hall–Kier alpha value is -1.23. The number of methoxy groups -OCH3 is 1. The third kappa shape index (κ3) is 4.71. The van der Waals surface area contributed by atoms with E-state index in [0.717, 1.165) is 24.6 Å². The van der Waals surface area contributed by atoms with E-state index < -0.39 is 0 Å². The third-order valence-corrected chi connectivity index (χ3v) is 3.61. The van der Waals surface area contributed by atoms with Crippen LogP contribution in [0.15, 0.2) is 35.7 Å². The SMILES string of the molecule is CCOc1cc(CNCc2cccs2)ccc1OC.Cl. The van der Waals surface area contributed by atoms with Gasteiger partial charge in [0.2, 0.25) is 0 Å². The Balaban J connectivity index is 0.00000200. The number of benzene rings is 1. The van der Waals surface area contributed by atoms with E-state index in [1.807, 2.05) is 19.1 Å². The molecule has 1 heterocycles. The van der Waals surface area contributed by atoms with Gasteiger partial charge >= 0.3 is 0 Å². The quantitative estimate of drug-likeness (QED) is 0.842. The Bertz CT molecular complexity index is 503. The molecule has 0 aliphatic carbocycles. The summed E-state index contributed by atoms with van der Waals surface area (Å²) in [5, 5.41) is 5.52. The van der Waals surface area contributed by atoms with E-state index in [-0.39, 0.29) is 12.4 Å². The number of thiophene rings is 1. The minimum Gasteiger partial charge on any atom is -0.493 e. The van der Waals surface area contributed by atoms with Gasteiger partial charge in [-0.15, -0.1) is 23.7 Å². The minimum absolute atomic E-state index is 0. The molecule has 0 bridgehead atoms. The minimum atomic E-state index is 0. The first-order chi connectivity index (χ1) is 9.33. The summed E-state index contributed by atoms with van der Waals surface area (Å²) in [5.74, 6) is 1.59. The smallest absolute Gasteiger partial charge is 0.161 e. The van der Waals surface area contributed by atoms with Crippen molar-refractivity contribution in [1.29, 1.82) is 0 Å². The number of hydrogen-bond donors (Lipinski definition) is 1. The van der Waals surface area contributed by atoms with Crippen LogP contribution in [-0.4, -0.2) is 13.7 Å². The maximum absolute atomic E-state index is 5.57. The van der Waals surface area contributed by atoms with Crippen LogP contribution in [-0.2, 0) is 13.1 Å². The van der Waals surface area contributed by atoms with Crippen molar-refractivity contribution >= 4 is 23.7 Å². The highest BCUT2D eigenvalue weighted by Crippen LogP contribution is 2.28. The van der Waals surface area contributed by atoms with E-state index in [1.165, 1.54) is 10.4 Å². The van der Waals surface area contributed by atoms with Gasteiger partial charge < -0.3 is 14.8 Å². The van der Waals surface area contributed by atoms with Crippen molar-refractivity contribution in [2.45, 2.75) is 20.0 Å². The Kier molecular flexibility index (Phi) is 7.44. The highest BCUT2D eigenvalue weighted by Gasteiger charge is 2.05. The Morgan fingerprint density at radius 3 is 2.65 bits per heavy atom. The van der Waals surface area contributed by atoms with Crippen molar-refractivity contribution in [3.8, 4) is 11.5 Å². The molecular formula is C15H20ClNO2S. The molecule has 0 aliphatic heterocycles. The summed E-state index contributed by atoms with van der Waals surface area (Å²) in [4.78, 5) is 1.35. The van der Waals surface area contributed by atoms with E-state index in [1.54, 1.807) is 18.4 Å². The first-order valence-electron chi connectivity index (χ1n) is 6.36. The molecule has 2 aromatic rings. The summed E-state index contributed by atoms with van der Waals surface area (Å²) >= 11 is 1.77. The zero-order chi connectivity index (χ0) is 13.5. The number of ether oxygens (including phenoxy) is 2. The summed E-state index contributed by atoms with van der Waals surface area (Å²) in [7, 11) is 1.66. The molecule has 0 spiro atoms. The van der Waals surface area contributed by atoms with Crippen molar-refractivity contribution in [3.05, 3.63) is 46.2 Å². The van der Waals surface area contributed by atoms with E-state index >= 15 is 0 Å². The van der Waals surface area contributed by atoms with Gasteiger partial charge in [0, 0.05) is 18.0 Å². The van der Waals surface area contributed by atoms with Crippen LogP contribution >= 0.6 is 23.7 Å². The van der Waals surface area contributed by atoms with Crippen LogP contribution in [0, 0.1) is 0 Å². The van der Waals surface area contributed by atoms with Crippen molar-refractivity contribution in [2.75, 3.05) is 13.7 Å². The van der Waals surface area contributed by atoms with Gasteiger partial charge in [-0.3, -0.25) is 0 Å². The number of rotatable bonds is 7. The average Bonchev–Trinajstić information content (AvgIpc) is 2.93. The van der Waals surface area contributed by atoms with Crippen LogP contribution in [0.25, 0.3) is 0 Å². The van der Waals surface area contributed by atoms with Gasteiger partial charge in [0.25, 0.3) is 0 Å². The van der Waals surface area contributed by atoms with E-state index in [4.69, 9.17) is 9.47 Å². The molecule has 110 valence electrons. The first-order valence-corrected chi connectivity index (χ1v) is 7.24. The van der Waals surface area contributed by atoms with E-state index in [0.29, 0.717) is 6.61 Å². The molecule has 0 radical (unpaired) electrons. The largest absolute Gasteiger partial charge is 0.493 e. The third-order valence-electron chi connectivity index (χ3n) is 2.74. The van der Waals surface area contributed by atoms with Crippen LogP contribution in [0.3, 0.4) is 0 Å². The number of hydrogen-bond acceptors (Lipinski definition) is 4. The fourth-order valence-corrected chi connectivity index (χ4v) is 2.52. The second-order valence-corrected chi connectivity index (χ2v) is 5.13. The lowest BCUT2D eigenvalue weighted by atomic mass is 10.2. The monoisotopic (exact) mass is 313 g/mol. The zero-order valence-corrected chi connectivity index (χ0v) is 13.4. The lowest BCUT2D eigenvalue weighted by molar-refractivity contribution is 0.310. The molecule has 0 amide bonds. The summed E-state index contributed by atoms with van der Waals surface area (Å²) in [6.07, 6.45) is 0. The van der Waals surface area contributed by atoms with Crippen LogP contribution < -0.4 is 14.8 Å². The van der Waals surface area contributed by atoms with Crippen molar-refractivity contribution in [3.63, 3.8) is 0 Å². The standard InChI is InChI=1S/C15H19NO2S.ClH/c1-3-18-15-9-12(6-7-14(15)17-2)10-16-11-13-5-4-8-19-13;/h4-9,16H,3,10-11H2,1-2H3;1H. The topological polar surface area (TPSA) is 30.5 Å². The lowest BCUT2D eigenvalue weighted by Crippen LogP contribution is -2.11. The average molecular weight is 314 g/mol. The summed E-state index contributed by atoms with van der Waals surface area (Å²) < 4.78 is 10.8. The maximum Gasteiger partial charge on any atom is 0.161 e. The van der Waals surface area contributed by atoms with Gasteiger partial charge in [-0.25, -0.2) is 0 Å². The van der Waals surface area contributed by atoms with Crippen LogP contribution in [0.4, 0.5) is 0 Å². The molecule has 0 fully saturated rings. The van der Waals surface area contributed by atoms with Gasteiger partial charge in [-0.1, -0.05) is 12.1 Å². The molecule has 1 aromatic heterocycles. The number of nitrogens with one attached hydrogen (secondary N) is 1. The predicted octanol–water partition coefficient (Wildman–Crippen LogP) is 3.87. The maximum atomic E-state index is 5.57. The first kappa shape index (κ1) is 16.8. The predicted molar refractivity (Wildman–Crippen MR) is 86.3 cm³/mol. The van der Waals surface area contributed by atoms with Crippen LogP contribution in [0.1, 0.15) is 17.4 Å². The highest BCUT2D eigenvalue weighted by molar-refractivity contribution is 7.09. The van der Waals surface area contributed by atoms with Gasteiger partial charge in [0.1, 0.15) is 0 Å². The molecule has 20 heavy (non-hydrogen) atoms. The molecule has 0 saturated carbocycles. The van der Waals surface area contributed by atoms with Gasteiger partial charge in [-0.05, 0) is 36.1 Å². The Labute approximate surface area is 130 Å².